The molecule has 0 aromatic rings. The predicted molar refractivity (Wildman–Crippen MR) is 69.9 cm³/mol. The first kappa shape index (κ1) is 14.9. The van der Waals surface area contributed by atoms with Crippen molar-refractivity contribution in [2.24, 2.45) is 0 Å². The quantitative estimate of drug-likeness (QED) is 0.577. The Bertz CT molecular complexity index is 369. The third kappa shape index (κ3) is 2.69. The molecule has 2 rings (SSSR count). The van der Waals surface area contributed by atoms with Gasteiger partial charge in [0.2, 0.25) is 0 Å². The van der Waals surface area contributed by atoms with Crippen molar-refractivity contribution in [3.05, 3.63) is 0 Å². The lowest BCUT2D eigenvalue weighted by atomic mass is 9.90. The second-order valence-electron chi connectivity index (χ2n) is 4.87. The van der Waals surface area contributed by atoms with Gasteiger partial charge >= 0.3 is 5.97 Å². The van der Waals surface area contributed by atoms with Crippen molar-refractivity contribution in [1.29, 1.82) is 0 Å². The van der Waals surface area contributed by atoms with Crippen LogP contribution in [-0.4, -0.2) is 47.1 Å². The minimum atomic E-state index is -1.20. The molecule has 19 heavy (non-hydrogen) atoms. The molecule has 1 amide bonds. The summed E-state index contributed by atoms with van der Waals surface area (Å²) in [6.07, 6.45) is 4.40. The number of nitrogens with zero attached hydrogens (tertiary/aromatic N) is 1. The van der Waals surface area contributed by atoms with Crippen LogP contribution in [0.3, 0.4) is 0 Å². The van der Waals surface area contributed by atoms with Crippen molar-refractivity contribution in [2.45, 2.75) is 48.7 Å². The lowest BCUT2D eigenvalue weighted by molar-refractivity contribution is -0.163. The number of ether oxygens (including phenoxy) is 2. The van der Waals surface area contributed by atoms with Gasteiger partial charge in [0.05, 0.1) is 13.7 Å². The molecular weight excluding hydrogens is 293 g/mol. The van der Waals surface area contributed by atoms with Crippen LogP contribution in [-0.2, 0) is 19.1 Å². The normalized spacial score (nSPS) is 25.9. The van der Waals surface area contributed by atoms with Crippen LogP contribution >= 0.6 is 23.2 Å². The highest BCUT2D eigenvalue weighted by Gasteiger charge is 2.54. The number of hydrogen-bond donors (Lipinski definition) is 0. The summed E-state index contributed by atoms with van der Waals surface area (Å²) in [6.45, 7) is 0.138. The molecule has 7 heteroatoms. The Morgan fingerprint density at radius 2 is 1.95 bits per heavy atom. The van der Waals surface area contributed by atoms with Crippen molar-refractivity contribution < 1.29 is 19.1 Å². The number of rotatable bonds is 2. The van der Waals surface area contributed by atoms with Gasteiger partial charge in [0.15, 0.2) is 10.9 Å². The van der Waals surface area contributed by atoms with E-state index in [2.05, 4.69) is 0 Å². The first-order valence-electron chi connectivity index (χ1n) is 6.35. The molecular formula is C12H17Cl2NO4. The average Bonchev–Trinajstić information content (AvgIpc) is 2.76. The van der Waals surface area contributed by atoms with E-state index in [4.69, 9.17) is 32.7 Å². The predicted octanol–water partition coefficient (Wildman–Crippen LogP) is 1.85. The molecule has 1 spiro atoms. The fourth-order valence-electron chi connectivity index (χ4n) is 2.92. The van der Waals surface area contributed by atoms with Gasteiger partial charge in [-0.1, -0.05) is 29.6 Å². The summed E-state index contributed by atoms with van der Waals surface area (Å²) in [5.74, 6) is -0.983. The maximum atomic E-state index is 12.2. The average molecular weight is 310 g/mol. The van der Waals surface area contributed by atoms with Crippen LogP contribution in [0.2, 0.25) is 0 Å². The Labute approximate surface area is 122 Å². The summed E-state index contributed by atoms with van der Waals surface area (Å²) in [7, 11) is 1.29. The second kappa shape index (κ2) is 5.85. The summed E-state index contributed by atoms with van der Waals surface area (Å²) in [5, 5.41) is 0. The number of hydrogen-bond acceptors (Lipinski definition) is 4. The number of carbonyl (C=O) groups is 2. The molecule has 0 radical (unpaired) electrons. The number of esters is 1. The molecule has 1 saturated carbocycles. The molecule has 1 saturated heterocycles. The third-order valence-electron chi connectivity index (χ3n) is 3.79. The van der Waals surface area contributed by atoms with E-state index in [0.717, 1.165) is 19.3 Å². The maximum absolute atomic E-state index is 12.2. The lowest BCUT2D eigenvalue weighted by Crippen LogP contribution is -2.56. The maximum Gasteiger partial charge on any atom is 0.331 e. The Morgan fingerprint density at radius 3 is 2.47 bits per heavy atom. The van der Waals surface area contributed by atoms with Gasteiger partial charge in [0.1, 0.15) is 5.72 Å². The van der Waals surface area contributed by atoms with Gasteiger partial charge in [0, 0.05) is 0 Å². The van der Waals surface area contributed by atoms with Crippen LogP contribution in [0.25, 0.3) is 0 Å². The van der Waals surface area contributed by atoms with Crippen LogP contribution < -0.4 is 0 Å². The molecule has 0 aromatic carbocycles. The molecule has 2 fully saturated rings. The van der Waals surface area contributed by atoms with Crippen molar-refractivity contribution in [1.82, 2.24) is 4.90 Å². The number of halogens is 2. The van der Waals surface area contributed by atoms with Crippen molar-refractivity contribution in [3.63, 3.8) is 0 Å². The molecule has 108 valence electrons. The SMILES string of the molecule is COC(=O)[C@@H]1COC2(CCCCC2)N1C(=O)C(Cl)Cl. The van der Waals surface area contributed by atoms with Crippen LogP contribution in [0.15, 0.2) is 0 Å². The van der Waals surface area contributed by atoms with E-state index in [1.165, 1.54) is 12.0 Å². The van der Waals surface area contributed by atoms with Crippen LogP contribution in [0, 0.1) is 0 Å². The van der Waals surface area contributed by atoms with E-state index in [9.17, 15) is 9.59 Å². The van der Waals surface area contributed by atoms with E-state index >= 15 is 0 Å². The summed E-state index contributed by atoms with van der Waals surface area (Å²) in [5.41, 5.74) is -0.740. The third-order valence-corrected chi connectivity index (χ3v) is 4.17. The first-order valence-corrected chi connectivity index (χ1v) is 7.22. The molecule has 1 aliphatic carbocycles. The zero-order valence-electron chi connectivity index (χ0n) is 10.7. The van der Waals surface area contributed by atoms with Gasteiger partial charge in [-0.05, 0) is 25.7 Å². The Balaban J connectivity index is 2.29. The zero-order chi connectivity index (χ0) is 14.0. The number of amides is 1. The van der Waals surface area contributed by atoms with E-state index < -0.39 is 28.5 Å². The summed E-state index contributed by atoms with van der Waals surface area (Å²) >= 11 is 11.4. The van der Waals surface area contributed by atoms with E-state index in [1.54, 1.807) is 0 Å². The van der Waals surface area contributed by atoms with Gasteiger partial charge in [-0.15, -0.1) is 0 Å². The summed E-state index contributed by atoms with van der Waals surface area (Å²) < 4.78 is 10.5. The van der Waals surface area contributed by atoms with Crippen LogP contribution in [0.4, 0.5) is 0 Å². The number of carbonyl (C=O) groups excluding carboxylic acids is 2. The second-order valence-corrected chi connectivity index (χ2v) is 5.96. The minimum Gasteiger partial charge on any atom is -0.467 e. The fraction of sp³-hybridized carbons (Fsp3) is 0.833. The Morgan fingerprint density at radius 1 is 1.32 bits per heavy atom. The fourth-order valence-corrected chi connectivity index (χ4v) is 3.13. The standard InChI is InChI=1S/C12H17Cl2NO4/c1-18-11(17)8-7-19-12(5-3-2-4-6-12)15(8)10(16)9(13)14/h8-9H,2-7H2,1H3/t8-/m0/s1. The highest BCUT2D eigenvalue weighted by atomic mass is 35.5. The van der Waals surface area contributed by atoms with Crippen molar-refractivity contribution >= 4 is 35.1 Å². The molecule has 0 aromatic heterocycles. The topological polar surface area (TPSA) is 55.8 Å². The van der Waals surface area contributed by atoms with Gasteiger partial charge in [-0.25, -0.2) is 4.79 Å². The molecule has 1 heterocycles. The molecule has 5 nitrogen and oxygen atoms in total. The zero-order valence-corrected chi connectivity index (χ0v) is 12.2. The largest absolute Gasteiger partial charge is 0.467 e. The van der Waals surface area contributed by atoms with E-state index in [1.807, 2.05) is 0 Å². The Hall–Kier alpha value is -0.520. The number of alkyl halides is 2. The summed E-state index contributed by atoms with van der Waals surface area (Å²) in [6, 6.07) is -0.754. The van der Waals surface area contributed by atoms with Gasteiger partial charge in [0.25, 0.3) is 5.91 Å². The molecule has 1 atom stereocenters. The van der Waals surface area contributed by atoms with E-state index in [0.29, 0.717) is 12.8 Å². The van der Waals surface area contributed by atoms with Crippen LogP contribution in [0.5, 0.6) is 0 Å². The molecule has 0 N–H and O–H groups in total. The van der Waals surface area contributed by atoms with Gasteiger partial charge in [-0.2, -0.15) is 0 Å². The summed E-state index contributed by atoms with van der Waals surface area (Å²) in [4.78, 5) is 24.2. The highest BCUT2D eigenvalue weighted by Crippen LogP contribution is 2.41. The molecule has 0 bridgehead atoms. The highest BCUT2D eigenvalue weighted by molar-refractivity contribution is 6.53. The van der Waals surface area contributed by atoms with Crippen LogP contribution in [0.1, 0.15) is 32.1 Å². The Kier molecular flexibility index (Phi) is 4.58. The molecule has 1 aliphatic heterocycles. The van der Waals surface area contributed by atoms with Gasteiger partial charge < -0.3 is 9.47 Å². The van der Waals surface area contributed by atoms with Crippen molar-refractivity contribution in [3.8, 4) is 0 Å². The smallest absolute Gasteiger partial charge is 0.331 e. The monoisotopic (exact) mass is 309 g/mol. The molecule has 2 aliphatic rings. The lowest BCUT2D eigenvalue weighted by Gasteiger charge is -2.41. The number of methoxy groups -OCH3 is 1. The molecule has 0 unspecified atom stereocenters. The first-order chi connectivity index (χ1) is 9.02. The minimum absolute atomic E-state index is 0.138. The van der Waals surface area contributed by atoms with Gasteiger partial charge in [-0.3, -0.25) is 9.69 Å². The van der Waals surface area contributed by atoms with Crippen molar-refractivity contribution in [2.75, 3.05) is 13.7 Å². The van der Waals surface area contributed by atoms with E-state index in [-0.39, 0.29) is 6.61 Å².